The first-order valence-electron chi connectivity index (χ1n) is 6.56. The quantitative estimate of drug-likeness (QED) is 0.843. The number of rotatable bonds is 4. The van der Waals surface area contributed by atoms with Crippen LogP contribution in [0.4, 0.5) is 0 Å². The van der Waals surface area contributed by atoms with Crippen LogP contribution in [0.2, 0.25) is 0 Å². The summed E-state index contributed by atoms with van der Waals surface area (Å²) >= 11 is 3.33. The number of piperidine rings is 1. The van der Waals surface area contributed by atoms with E-state index < -0.39 is 10.0 Å². The minimum absolute atomic E-state index is 0. The zero-order valence-electron chi connectivity index (χ0n) is 11.8. The highest BCUT2D eigenvalue weighted by molar-refractivity contribution is 9.10. The number of methoxy groups -OCH3 is 1. The van der Waals surface area contributed by atoms with Gasteiger partial charge >= 0.3 is 0 Å². The number of nitrogens with zero attached hydrogens (tertiary/aromatic N) is 1. The average molecular weight is 400 g/mol. The summed E-state index contributed by atoms with van der Waals surface area (Å²) in [4.78, 5) is 0.248. The second kappa shape index (κ2) is 7.78. The van der Waals surface area contributed by atoms with Crippen LogP contribution in [-0.2, 0) is 10.0 Å². The van der Waals surface area contributed by atoms with Crippen molar-refractivity contribution in [2.75, 3.05) is 20.2 Å². The van der Waals surface area contributed by atoms with Crippen LogP contribution in [0.25, 0.3) is 0 Å². The summed E-state index contributed by atoms with van der Waals surface area (Å²) in [6, 6.07) is 4.71. The Balaban J connectivity index is 0.00000220. The third-order valence-corrected chi connectivity index (χ3v) is 6.18. The third kappa shape index (κ3) is 3.90. The summed E-state index contributed by atoms with van der Waals surface area (Å²) in [5.41, 5.74) is 5.71. The molecule has 21 heavy (non-hydrogen) atoms. The molecule has 8 heteroatoms. The van der Waals surface area contributed by atoms with Gasteiger partial charge in [-0.05, 0) is 40.9 Å². The number of ether oxygens (including phenoxy) is 1. The van der Waals surface area contributed by atoms with Gasteiger partial charge in [0.25, 0.3) is 0 Å². The highest BCUT2D eigenvalue weighted by Gasteiger charge is 2.33. The molecule has 0 saturated carbocycles. The first kappa shape index (κ1) is 18.7. The fraction of sp³-hybridized carbons (Fsp3) is 0.538. The van der Waals surface area contributed by atoms with E-state index in [4.69, 9.17) is 10.5 Å². The van der Waals surface area contributed by atoms with Crippen LogP contribution in [-0.4, -0.2) is 39.0 Å². The molecule has 0 amide bonds. The Morgan fingerprint density at radius 2 is 2.14 bits per heavy atom. The summed E-state index contributed by atoms with van der Waals surface area (Å²) in [6.07, 6.45) is 2.73. The van der Waals surface area contributed by atoms with Crippen molar-refractivity contribution in [3.8, 4) is 5.75 Å². The third-order valence-electron chi connectivity index (χ3n) is 3.57. The number of sulfonamides is 1. The van der Waals surface area contributed by atoms with E-state index >= 15 is 0 Å². The van der Waals surface area contributed by atoms with Crippen molar-refractivity contribution in [2.45, 2.75) is 30.2 Å². The van der Waals surface area contributed by atoms with Crippen molar-refractivity contribution in [2.24, 2.45) is 5.73 Å². The van der Waals surface area contributed by atoms with E-state index in [1.807, 2.05) is 0 Å². The lowest BCUT2D eigenvalue weighted by Crippen LogP contribution is -2.47. The largest absolute Gasteiger partial charge is 0.496 e. The predicted octanol–water partition coefficient (Wildman–Crippen LogP) is 2.38. The van der Waals surface area contributed by atoms with Gasteiger partial charge in [-0.1, -0.05) is 6.42 Å². The fourth-order valence-electron chi connectivity index (χ4n) is 2.46. The maximum absolute atomic E-state index is 12.7. The van der Waals surface area contributed by atoms with Crippen LogP contribution in [0.15, 0.2) is 27.6 Å². The molecule has 2 N–H and O–H groups in total. The van der Waals surface area contributed by atoms with E-state index in [1.165, 1.54) is 11.4 Å². The molecule has 1 unspecified atom stereocenters. The van der Waals surface area contributed by atoms with Gasteiger partial charge in [-0.3, -0.25) is 0 Å². The maximum Gasteiger partial charge on any atom is 0.243 e. The van der Waals surface area contributed by atoms with Crippen LogP contribution in [0.3, 0.4) is 0 Å². The van der Waals surface area contributed by atoms with Crippen molar-refractivity contribution in [1.29, 1.82) is 0 Å². The van der Waals surface area contributed by atoms with E-state index in [0.717, 1.165) is 23.7 Å². The van der Waals surface area contributed by atoms with Crippen LogP contribution in [0.5, 0.6) is 5.75 Å². The van der Waals surface area contributed by atoms with Gasteiger partial charge in [-0.2, -0.15) is 4.31 Å². The van der Waals surface area contributed by atoms with Gasteiger partial charge in [0.05, 0.1) is 16.5 Å². The molecule has 1 saturated heterocycles. The maximum atomic E-state index is 12.7. The van der Waals surface area contributed by atoms with Gasteiger partial charge in [0.2, 0.25) is 10.0 Å². The zero-order valence-corrected chi connectivity index (χ0v) is 15.0. The molecule has 2 rings (SSSR count). The van der Waals surface area contributed by atoms with Crippen molar-refractivity contribution in [1.82, 2.24) is 4.31 Å². The Morgan fingerprint density at radius 1 is 1.43 bits per heavy atom. The molecule has 1 aliphatic heterocycles. The van der Waals surface area contributed by atoms with Crippen LogP contribution in [0.1, 0.15) is 19.3 Å². The molecule has 0 aromatic heterocycles. The Kier molecular flexibility index (Phi) is 6.93. The average Bonchev–Trinajstić information content (AvgIpc) is 2.47. The zero-order chi connectivity index (χ0) is 14.8. The Hall–Kier alpha value is -0.340. The van der Waals surface area contributed by atoms with E-state index in [-0.39, 0.29) is 23.3 Å². The smallest absolute Gasteiger partial charge is 0.243 e. The van der Waals surface area contributed by atoms with E-state index in [2.05, 4.69) is 15.9 Å². The van der Waals surface area contributed by atoms with Gasteiger partial charge in [-0.15, -0.1) is 12.4 Å². The number of hydrogen-bond donors (Lipinski definition) is 1. The lowest BCUT2D eigenvalue weighted by Gasteiger charge is -2.33. The molecule has 1 heterocycles. The summed E-state index contributed by atoms with van der Waals surface area (Å²) < 4.78 is 32.9. The topological polar surface area (TPSA) is 72.6 Å². The molecule has 1 aromatic rings. The molecule has 0 bridgehead atoms. The molecule has 5 nitrogen and oxygen atoms in total. The molecular weight excluding hydrogens is 380 g/mol. The summed E-state index contributed by atoms with van der Waals surface area (Å²) in [7, 11) is -2.01. The number of halogens is 2. The molecule has 1 atom stereocenters. The van der Waals surface area contributed by atoms with Crippen molar-refractivity contribution < 1.29 is 13.2 Å². The van der Waals surface area contributed by atoms with Gasteiger partial charge < -0.3 is 10.5 Å². The normalized spacial score (nSPS) is 19.9. The summed E-state index contributed by atoms with van der Waals surface area (Å²) in [5.74, 6) is 0.507. The highest BCUT2D eigenvalue weighted by atomic mass is 79.9. The molecule has 1 fully saturated rings. The van der Waals surface area contributed by atoms with Gasteiger partial charge in [0.15, 0.2) is 0 Å². The molecule has 0 aliphatic carbocycles. The number of nitrogens with two attached hydrogens (primary N) is 1. The van der Waals surface area contributed by atoms with E-state index in [9.17, 15) is 8.42 Å². The second-order valence-electron chi connectivity index (χ2n) is 4.80. The first-order valence-corrected chi connectivity index (χ1v) is 8.79. The van der Waals surface area contributed by atoms with Gasteiger partial charge in [-0.25, -0.2) is 8.42 Å². The SMILES string of the molecule is COc1cc(S(=O)(=O)N2CCCCC2CN)ccc1Br.Cl. The minimum Gasteiger partial charge on any atom is -0.496 e. The van der Waals surface area contributed by atoms with Crippen molar-refractivity contribution in [3.63, 3.8) is 0 Å². The minimum atomic E-state index is -3.52. The Morgan fingerprint density at radius 3 is 2.76 bits per heavy atom. The summed E-state index contributed by atoms with van der Waals surface area (Å²) in [5, 5.41) is 0. The number of hydrogen-bond acceptors (Lipinski definition) is 4. The van der Waals surface area contributed by atoms with Crippen LogP contribution in [0, 0.1) is 0 Å². The van der Waals surface area contributed by atoms with E-state index in [1.54, 1.807) is 18.2 Å². The molecular formula is C13H20BrClN2O3S. The fourth-order valence-corrected chi connectivity index (χ4v) is 4.59. The Labute approximate surface area is 140 Å². The van der Waals surface area contributed by atoms with Gasteiger partial charge in [0.1, 0.15) is 5.75 Å². The first-order chi connectivity index (χ1) is 9.50. The molecule has 120 valence electrons. The monoisotopic (exact) mass is 398 g/mol. The predicted molar refractivity (Wildman–Crippen MR) is 88.5 cm³/mol. The standard InChI is InChI=1S/C13H19BrN2O3S.ClH/c1-19-13-8-11(5-6-12(13)14)20(17,18)16-7-3-2-4-10(16)9-15;/h5-6,8,10H,2-4,7,9,15H2,1H3;1H. The lowest BCUT2D eigenvalue weighted by molar-refractivity contribution is 0.257. The van der Waals surface area contributed by atoms with Crippen LogP contribution >= 0.6 is 28.3 Å². The lowest BCUT2D eigenvalue weighted by atomic mass is 10.1. The molecule has 1 aliphatic rings. The highest BCUT2D eigenvalue weighted by Crippen LogP contribution is 2.31. The van der Waals surface area contributed by atoms with Gasteiger partial charge in [0, 0.05) is 25.2 Å². The summed E-state index contributed by atoms with van der Waals surface area (Å²) in [6.45, 7) is 0.884. The molecule has 1 aromatic carbocycles. The van der Waals surface area contributed by atoms with Crippen molar-refractivity contribution in [3.05, 3.63) is 22.7 Å². The van der Waals surface area contributed by atoms with E-state index in [0.29, 0.717) is 18.8 Å². The Bertz CT molecular complexity index is 583. The second-order valence-corrected chi connectivity index (χ2v) is 7.54. The molecule has 0 radical (unpaired) electrons. The molecule has 0 spiro atoms. The van der Waals surface area contributed by atoms with Crippen molar-refractivity contribution >= 4 is 38.4 Å². The van der Waals surface area contributed by atoms with Crippen LogP contribution < -0.4 is 10.5 Å². The number of benzene rings is 1.